The highest BCUT2D eigenvalue weighted by Crippen LogP contribution is 2.30. The van der Waals surface area contributed by atoms with Gasteiger partial charge < -0.3 is 16.4 Å². The summed E-state index contributed by atoms with van der Waals surface area (Å²) in [5.74, 6) is -0.150. The van der Waals surface area contributed by atoms with Gasteiger partial charge in [-0.1, -0.05) is 49.4 Å². The minimum absolute atomic E-state index is 0.0787. The molecule has 2 aromatic carbocycles. The largest absolute Gasteiger partial charge is 0.349 e. The van der Waals surface area contributed by atoms with Crippen LogP contribution in [0.15, 0.2) is 54.6 Å². The van der Waals surface area contributed by atoms with E-state index in [0.717, 1.165) is 29.7 Å². The smallest absolute Gasteiger partial charge is 0.227 e. The SMILES string of the molecule is CC(NC(=O)C(C)C(N)c1ccccc1)c1ccc(NC(=O)C2CC2)cc1. The zero-order valence-electron chi connectivity index (χ0n) is 15.8. The molecule has 27 heavy (non-hydrogen) atoms. The van der Waals surface area contributed by atoms with E-state index in [1.807, 2.05) is 68.4 Å². The van der Waals surface area contributed by atoms with E-state index >= 15 is 0 Å². The molecule has 0 radical (unpaired) electrons. The van der Waals surface area contributed by atoms with Gasteiger partial charge in [0.05, 0.1) is 12.0 Å². The summed E-state index contributed by atoms with van der Waals surface area (Å²) in [5.41, 5.74) is 8.96. The summed E-state index contributed by atoms with van der Waals surface area (Å²) >= 11 is 0. The van der Waals surface area contributed by atoms with Crippen molar-refractivity contribution >= 4 is 17.5 Å². The van der Waals surface area contributed by atoms with Gasteiger partial charge in [-0.2, -0.15) is 0 Å². The van der Waals surface area contributed by atoms with Crippen LogP contribution in [0.1, 0.15) is 49.9 Å². The lowest BCUT2D eigenvalue weighted by Gasteiger charge is -2.22. The van der Waals surface area contributed by atoms with Gasteiger partial charge in [0.2, 0.25) is 11.8 Å². The van der Waals surface area contributed by atoms with E-state index in [9.17, 15) is 9.59 Å². The van der Waals surface area contributed by atoms with E-state index in [1.54, 1.807) is 0 Å². The van der Waals surface area contributed by atoms with Gasteiger partial charge in [-0.15, -0.1) is 0 Å². The maximum atomic E-state index is 12.6. The quantitative estimate of drug-likeness (QED) is 0.701. The zero-order chi connectivity index (χ0) is 19.4. The van der Waals surface area contributed by atoms with Gasteiger partial charge in [0.15, 0.2) is 0 Å². The molecule has 1 aliphatic carbocycles. The molecule has 5 nitrogen and oxygen atoms in total. The molecule has 0 saturated heterocycles. The van der Waals surface area contributed by atoms with Crippen LogP contribution in [0.4, 0.5) is 5.69 Å². The molecule has 0 bridgehead atoms. The van der Waals surface area contributed by atoms with Gasteiger partial charge in [-0.05, 0) is 43.0 Å². The van der Waals surface area contributed by atoms with Crippen LogP contribution in [-0.2, 0) is 9.59 Å². The second-order valence-corrected chi connectivity index (χ2v) is 7.34. The average molecular weight is 365 g/mol. The maximum absolute atomic E-state index is 12.6. The summed E-state index contributed by atoms with van der Waals surface area (Å²) in [5, 5.41) is 5.95. The van der Waals surface area contributed by atoms with E-state index < -0.39 is 0 Å². The van der Waals surface area contributed by atoms with Crippen LogP contribution in [0.2, 0.25) is 0 Å². The van der Waals surface area contributed by atoms with E-state index in [1.165, 1.54) is 0 Å². The Kier molecular flexibility index (Phi) is 5.91. The minimum Gasteiger partial charge on any atom is -0.349 e. The summed E-state index contributed by atoms with van der Waals surface area (Å²) in [6, 6.07) is 16.8. The Morgan fingerprint density at radius 2 is 1.59 bits per heavy atom. The van der Waals surface area contributed by atoms with E-state index in [2.05, 4.69) is 10.6 Å². The number of amides is 2. The molecule has 4 N–H and O–H groups in total. The minimum atomic E-state index is -0.349. The second-order valence-electron chi connectivity index (χ2n) is 7.34. The molecule has 1 saturated carbocycles. The second kappa shape index (κ2) is 8.35. The lowest BCUT2D eigenvalue weighted by atomic mass is 9.94. The van der Waals surface area contributed by atoms with Crippen molar-refractivity contribution in [1.82, 2.24) is 5.32 Å². The van der Waals surface area contributed by atoms with Crippen molar-refractivity contribution < 1.29 is 9.59 Å². The monoisotopic (exact) mass is 365 g/mol. The number of rotatable bonds is 7. The van der Waals surface area contributed by atoms with Crippen LogP contribution < -0.4 is 16.4 Å². The van der Waals surface area contributed by atoms with Crippen molar-refractivity contribution in [3.8, 4) is 0 Å². The predicted molar refractivity (Wildman–Crippen MR) is 107 cm³/mol. The molecule has 0 heterocycles. The number of hydrogen-bond acceptors (Lipinski definition) is 3. The van der Waals surface area contributed by atoms with E-state index in [4.69, 9.17) is 5.73 Å². The fourth-order valence-electron chi connectivity index (χ4n) is 3.00. The summed E-state index contributed by atoms with van der Waals surface area (Å²) in [6.45, 7) is 3.78. The summed E-state index contributed by atoms with van der Waals surface area (Å²) in [7, 11) is 0. The topological polar surface area (TPSA) is 84.2 Å². The fourth-order valence-corrected chi connectivity index (χ4v) is 3.00. The first-order chi connectivity index (χ1) is 13.0. The third-order valence-electron chi connectivity index (χ3n) is 5.12. The van der Waals surface area contributed by atoms with Crippen molar-refractivity contribution in [1.29, 1.82) is 0 Å². The van der Waals surface area contributed by atoms with Gasteiger partial charge in [-0.3, -0.25) is 9.59 Å². The molecule has 2 aromatic rings. The zero-order valence-corrected chi connectivity index (χ0v) is 15.8. The van der Waals surface area contributed by atoms with Crippen LogP contribution in [-0.4, -0.2) is 11.8 Å². The lowest BCUT2D eigenvalue weighted by Crippen LogP contribution is -2.36. The van der Waals surface area contributed by atoms with Crippen LogP contribution in [0.25, 0.3) is 0 Å². The first-order valence-electron chi connectivity index (χ1n) is 9.47. The highest BCUT2D eigenvalue weighted by Gasteiger charge is 2.29. The standard InChI is InChI=1S/C22H27N3O2/c1-14(20(23)17-6-4-3-5-7-17)21(26)24-15(2)16-10-12-19(13-11-16)25-22(27)18-8-9-18/h3-7,10-15,18,20H,8-9,23H2,1-2H3,(H,24,26)(H,25,27). The van der Waals surface area contributed by atoms with Gasteiger partial charge >= 0.3 is 0 Å². The van der Waals surface area contributed by atoms with Crippen molar-refractivity contribution in [2.24, 2.45) is 17.6 Å². The molecule has 0 aliphatic heterocycles. The molecule has 3 unspecified atom stereocenters. The van der Waals surface area contributed by atoms with E-state index in [0.29, 0.717) is 0 Å². The highest BCUT2D eigenvalue weighted by molar-refractivity contribution is 5.94. The fraction of sp³-hybridized carbons (Fsp3) is 0.364. The number of carbonyl (C=O) groups is 2. The van der Waals surface area contributed by atoms with Gasteiger partial charge in [0, 0.05) is 17.6 Å². The lowest BCUT2D eigenvalue weighted by molar-refractivity contribution is -0.125. The number of hydrogen-bond donors (Lipinski definition) is 3. The Bertz CT molecular complexity index is 785. The summed E-state index contributed by atoms with van der Waals surface area (Å²) in [4.78, 5) is 24.4. The molecule has 2 amide bonds. The van der Waals surface area contributed by atoms with Gasteiger partial charge in [0.1, 0.15) is 0 Å². The van der Waals surface area contributed by atoms with Gasteiger partial charge in [-0.25, -0.2) is 0 Å². The molecule has 0 aromatic heterocycles. The predicted octanol–water partition coefficient (Wildman–Crippen LogP) is 3.55. The first-order valence-corrected chi connectivity index (χ1v) is 9.47. The Labute approximate surface area is 160 Å². The Morgan fingerprint density at radius 1 is 0.963 bits per heavy atom. The number of anilines is 1. The van der Waals surface area contributed by atoms with Crippen molar-refractivity contribution in [2.45, 2.75) is 38.8 Å². The number of benzene rings is 2. The number of carbonyl (C=O) groups excluding carboxylic acids is 2. The summed E-state index contributed by atoms with van der Waals surface area (Å²) in [6.07, 6.45) is 1.96. The molecule has 1 aliphatic rings. The Balaban J connectivity index is 1.56. The van der Waals surface area contributed by atoms with Crippen LogP contribution in [0.3, 0.4) is 0 Å². The third-order valence-corrected chi connectivity index (χ3v) is 5.12. The molecule has 3 atom stereocenters. The highest BCUT2D eigenvalue weighted by atomic mass is 16.2. The van der Waals surface area contributed by atoms with Crippen molar-refractivity contribution in [3.63, 3.8) is 0 Å². The molecule has 142 valence electrons. The molecular formula is C22H27N3O2. The van der Waals surface area contributed by atoms with Crippen molar-refractivity contribution in [3.05, 3.63) is 65.7 Å². The van der Waals surface area contributed by atoms with E-state index in [-0.39, 0.29) is 35.7 Å². The molecule has 0 spiro atoms. The molecule has 1 fully saturated rings. The molecule has 3 rings (SSSR count). The molecule has 5 heteroatoms. The van der Waals surface area contributed by atoms with Crippen LogP contribution >= 0.6 is 0 Å². The van der Waals surface area contributed by atoms with Crippen molar-refractivity contribution in [2.75, 3.05) is 5.32 Å². The average Bonchev–Trinajstić information content (AvgIpc) is 3.53. The van der Waals surface area contributed by atoms with Crippen LogP contribution in [0.5, 0.6) is 0 Å². The maximum Gasteiger partial charge on any atom is 0.227 e. The first kappa shape index (κ1) is 19.1. The van der Waals surface area contributed by atoms with Gasteiger partial charge in [0.25, 0.3) is 0 Å². The van der Waals surface area contributed by atoms with Crippen LogP contribution in [0, 0.1) is 11.8 Å². The molecular weight excluding hydrogens is 338 g/mol. The normalized spacial score (nSPS) is 16.9. The summed E-state index contributed by atoms with van der Waals surface area (Å²) < 4.78 is 0. The number of nitrogens with one attached hydrogen (secondary N) is 2. The third kappa shape index (κ3) is 4.95. The Morgan fingerprint density at radius 3 is 2.19 bits per heavy atom. The Hall–Kier alpha value is -2.66. The number of nitrogens with two attached hydrogens (primary N) is 1.